The average molecular weight is 241 g/mol. The lowest BCUT2D eigenvalue weighted by molar-refractivity contribution is 0.923. The number of nitrogens with zero attached hydrogens (tertiary/aromatic N) is 3. The van der Waals surface area contributed by atoms with Gasteiger partial charge < -0.3 is 4.57 Å². The summed E-state index contributed by atoms with van der Waals surface area (Å²) in [5, 5.41) is 3.02. The molecule has 0 atom stereocenters. The number of aryl methyl sites for hydroxylation is 1. The predicted molar refractivity (Wildman–Crippen MR) is 69.8 cm³/mol. The lowest BCUT2D eigenvalue weighted by Gasteiger charge is -1.96. The van der Waals surface area contributed by atoms with E-state index in [9.17, 15) is 0 Å². The Morgan fingerprint density at radius 3 is 2.71 bits per heavy atom. The summed E-state index contributed by atoms with van der Waals surface area (Å²) < 4.78 is 1.98. The molecule has 4 heteroatoms. The Balaban J connectivity index is 2.02. The number of thiazole rings is 1. The lowest BCUT2D eigenvalue weighted by atomic mass is 10.2. The highest BCUT2D eigenvalue weighted by Crippen LogP contribution is 2.27. The summed E-state index contributed by atoms with van der Waals surface area (Å²) in [7, 11) is 1.98. The largest absolute Gasteiger partial charge is 0.332 e. The van der Waals surface area contributed by atoms with Crippen LogP contribution < -0.4 is 0 Å². The van der Waals surface area contributed by atoms with Crippen LogP contribution >= 0.6 is 11.3 Å². The molecule has 84 valence electrons. The average Bonchev–Trinajstić information content (AvgIpc) is 2.98. The minimum absolute atomic E-state index is 0.914. The molecule has 0 spiro atoms. The molecule has 3 aromatic rings. The van der Waals surface area contributed by atoms with Gasteiger partial charge in [-0.2, -0.15) is 0 Å². The van der Waals surface area contributed by atoms with Gasteiger partial charge in [-0.15, -0.1) is 11.3 Å². The van der Waals surface area contributed by atoms with E-state index in [0.717, 1.165) is 22.1 Å². The van der Waals surface area contributed by atoms with Gasteiger partial charge in [-0.3, -0.25) is 0 Å². The van der Waals surface area contributed by atoms with Gasteiger partial charge in [0, 0.05) is 30.4 Å². The van der Waals surface area contributed by atoms with E-state index in [4.69, 9.17) is 0 Å². The number of rotatable bonds is 2. The van der Waals surface area contributed by atoms with E-state index in [1.54, 1.807) is 17.5 Å². The van der Waals surface area contributed by atoms with Crippen molar-refractivity contribution in [2.24, 2.45) is 7.05 Å². The van der Waals surface area contributed by atoms with Crippen LogP contribution in [0.1, 0.15) is 0 Å². The molecular weight excluding hydrogens is 230 g/mol. The van der Waals surface area contributed by atoms with Gasteiger partial charge >= 0.3 is 0 Å². The van der Waals surface area contributed by atoms with Crippen molar-refractivity contribution in [1.82, 2.24) is 14.5 Å². The van der Waals surface area contributed by atoms with Crippen molar-refractivity contribution in [2.45, 2.75) is 0 Å². The predicted octanol–water partition coefficient (Wildman–Crippen LogP) is 3.21. The van der Waals surface area contributed by atoms with E-state index >= 15 is 0 Å². The van der Waals surface area contributed by atoms with Crippen LogP contribution in [0.3, 0.4) is 0 Å². The summed E-state index contributed by atoms with van der Waals surface area (Å²) in [6.07, 6.45) is 3.72. The molecule has 0 fully saturated rings. The van der Waals surface area contributed by atoms with Crippen molar-refractivity contribution in [1.29, 1.82) is 0 Å². The number of hydrogen-bond acceptors (Lipinski definition) is 3. The summed E-state index contributed by atoms with van der Waals surface area (Å²) in [5.41, 5.74) is 2.15. The lowest BCUT2D eigenvalue weighted by Crippen LogP contribution is -1.90. The fourth-order valence-corrected chi connectivity index (χ4v) is 2.55. The van der Waals surface area contributed by atoms with Crippen molar-refractivity contribution in [3.63, 3.8) is 0 Å². The van der Waals surface area contributed by atoms with E-state index in [2.05, 4.69) is 27.5 Å². The quantitative estimate of drug-likeness (QED) is 0.689. The summed E-state index contributed by atoms with van der Waals surface area (Å²) in [5.74, 6) is 0.914. The minimum Gasteiger partial charge on any atom is -0.332 e. The van der Waals surface area contributed by atoms with Crippen molar-refractivity contribution >= 4 is 11.3 Å². The van der Waals surface area contributed by atoms with Crippen molar-refractivity contribution in [3.8, 4) is 22.1 Å². The zero-order valence-corrected chi connectivity index (χ0v) is 10.2. The SMILES string of the molecule is Cn1ccnc1-c1nc(-c2ccccc2)cs1. The molecule has 0 unspecified atom stereocenters. The van der Waals surface area contributed by atoms with Crippen molar-refractivity contribution in [3.05, 3.63) is 48.1 Å². The molecule has 0 aliphatic carbocycles. The smallest absolute Gasteiger partial charge is 0.168 e. The molecule has 0 radical (unpaired) electrons. The van der Waals surface area contributed by atoms with E-state index in [1.165, 1.54) is 0 Å². The number of imidazole rings is 1. The zero-order chi connectivity index (χ0) is 11.7. The van der Waals surface area contributed by atoms with Gasteiger partial charge in [0.25, 0.3) is 0 Å². The molecule has 0 N–H and O–H groups in total. The Morgan fingerprint density at radius 2 is 2.00 bits per heavy atom. The Kier molecular flexibility index (Phi) is 2.49. The fourth-order valence-electron chi connectivity index (χ4n) is 1.69. The highest BCUT2D eigenvalue weighted by molar-refractivity contribution is 7.13. The van der Waals surface area contributed by atoms with Crippen LogP contribution in [0.15, 0.2) is 48.1 Å². The van der Waals surface area contributed by atoms with Crippen molar-refractivity contribution < 1.29 is 0 Å². The highest BCUT2D eigenvalue weighted by Gasteiger charge is 2.09. The molecule has 3 nitrogen and oxygen atoms in total. The molecule has 1 aromatic carbocycles. The van der Waals surface area contributed by atoms with Crippen LogP contribution in [-0.2, 0) is 7.05 Å². The van der Waals surface area contributed by atoms with E-state index in [0.29, 0.717) is 0 Å². The standard InChI is InChI=1S/C13H11N3S/c1-16-8-7-14-12(16)13-15-11(9-17-13)10-5-3-2-4-6-10/h2-9H,1H3. The van der Waals surface area contributed by atoms with Crippen LogP contribution in [-0.4, -0.2) is 14.5 Å². The minimum atomic E-state index is 0.914. The molecule has 0 aliphatic rings. The van der Waals surface area contributed by atoms with Gasteiger partial charge in [0.2, 0.25) is 0 Å². The molecule has 0 saturated carbocycles. The van der Waals surface area contributed by atoms with E-state index in [-0.39, 0.29) is 0 Å². The Labute approximate surface area is 103 Å². The van der Waals surface area contributed by atoms with Crippen LogP contribution in [0.2, 0.25) is 0 Å². The maximum Gasteiger partial charge on any atom is 0.168 e. The molecule has 0 amide bonds. The topological polar surface area (TPSA) is 30.7 Å². The maximum absolute atomic E-state index is 4.62. The first-order valence-corrected chi connectivity index (χ1v) is 6.21. The molecular formula is C13H11N3S. The molecule has 2 aromatic heterocycles. The highest BCUT2D eigenvalue weighted by atomic mass is 32.1. The summed E-state index contributed by atoms with van der Waals surface area (Å²) in [4.78, 5) is 8.92. The Hall–Kier alpha value is -1.94. The van der Waals surface area contributed by atoms with E-state index in [1.807, 2.05) is 36.0 Å². The maximum atomic E-state index is 4.62. The second-order valence-electron chi connectivity index (χ2n) is 3.77. The molecule has 3 rings (SSSR count). The molecule has 0 bridgehead atoms. The van der Waals surface area contributed by atoms with Crippen LogP contribution in [0.4, 0.5) is 0 Å². The third-order valence-electron chi connectivity index (χ3n) is 2.59. The number of benzene rings is 1. The van der Waals surface area contributed by atoms with Gasteiger partial charge in [-0.25, -0.2) is 9.97 Å². The van der Waals surface area contributed by atoms with Crippen LogP contribution in [0.25, 0.3) is 22.1 Å². The van der Waals surface area contributed by atoms with Gasteiger partial charge in [-0.05, 0) is 0 Å². The first-order valence-electron chi connectivity index (χ1n) is 5.33. The fraction of sp³-hybridized carbons (Fsp3) is 0.0769. The summed E-state index contributed by atoms with van der Waals surface area (Å²) >= 11 is 1.62. The molecule has 17 heavy (non-hydrogen) atoms. The third-order valence-corrected chi connectivity index (χ3v) is 3.42. The number of aromatic nitrogens is 3. The number of hydrogen-bond donors (Lipinski definition) is 0. The summed E-state index contributed by atoms with van der Waals surface area (Å²) in [6, 6.07) is 10.2. The second-order valence-corrected chi connectivity index (χ2v) is 4.62. The van der Waals surface area contributed by atoms with Crippen LogP contribution in [0.5, 0.6) is 0 Å². The zero-order valence-electron chi connectivity index (χ0n) is 9.37. The first-order chi connectivity index (χ1) is 8.34. The third kappa shape index (κ3) is 1.87. The molecule has 0 saturated heterocycles. The van der Waals surface area contributed by atoms with Gasteiger partial charge in [0.15, 0.2) is 10.8 Å². The Bertz CT molecular complexity index is 625. The van der Waals surface area contributed by atoms with Gasteiger partial charge in [-0.1, -0.05) is 30.3 Å². The van der Waals surface area contributed by atoms with Crippen molar-refractivity contribution in [2.75, 3.05) is 0 Å². The monoisotopic (exact) mass is 241 g/mol. The van der Waals surface area contributed by atoms with Gasteiger partial charge in [0.05, 0.1) is 5.69 Å². The normalized spacial score (nSPS) is 10.6. The van der Waals surface area contributed by atoms with Crippen LogP contribution in [0, 0.1) is 0 Å². The molecule has 2 heterocycles. The van der Waals surface area contributed by atoms with Gasteiger partial charge in [0.1, 0.15) is 0 Å². The second kappa shape index (κ2) is 4.14. The molecule has 0 aliphatic heterocycles. The first kappa shape index (κ1) is 10.2. The summed E-state index contributed by atoms with van der Waals surface area (Å²) in [6.45, 7) is 0. The Morgan fingerprint density at radius 1 is 1.18 bits per heavy atom. The van der Waals surface area contributed by atoms with E-state index < -0.39 is 0 Å².